The van der Waals surface area contributed by atoms with E-state index in [1.807, 2.05) is 0 Å². The molecular formula is C40H50F6. The van der Waals surface area contributed by atoms with Crippen LogP contribution in [0.5, 0.6) is 0 Å². The van der Waals surface area contributed by atoms with Crippen LogP contribution in [0.3, 0.4) is 0 Å². The van der Waals surface area contributed by atoms with Gasteiger partial charge in [-0.3, -0.25) is 0 Å². The Morgan fingerprint density at radius 2 is 0.543 bits per heavy atom. The Hall–Kier alpha value is -3.54. The van der Waals surface area contributed by atoms with Crippen molar-refractivity contribution in [3.05, 3.63) is 142 Å². The van der Waals surface area contributed by atoms with E-state index < -0.39 is 28.9 Å². The first-order valence-electron chi connectivity index (χ1n) is 15.7. The van der Waals surface area contributed by atoms with E-state index in [0.29, 0.717) is 11.1 Å². The fraction of sp³-hybridized carbons (Fsp3) is 0.400. The summed E-state index contributed by atoms with van der Waals surface area (Å²) in [7, 11) is 0. The van der Waals surface area contributed by atoms with Crippen molar-refractivity contribution in [2.24, 2.45) is 0 Å². The Bertz CT molecular complexity index is 1300. The summed E-state index contributed by atoms with van der Waals surface area (Å²) in [6.07, 6.45) is -8.56. The zero-order valence-electron chi connectivity index (χ0n) is 28.9. The zero-order chi connectivity index (χ0) is 35.3. The molecule has 0 aliphatic carbocycles. The van der Waals surface area contributed by atoms with Gasteiger partial charge in [-0.15, -0.1) is 0 Å². The maximum atomic E-state index is 13.7. The molecule has 0 heterocycles. The van der Waals surface area contributed by atoms with E-state index in [1.54, 1.807) is 13.8 Å². The zero-order valence-corrected chi connectivity index (χ0v) is 28.9. The van der Waals surface area contributed by atoms with Gasteiger partial charge in [-0.05, 0) is 49.9 Å². The Morgan fingerprint density at radius 1 is 0.370 bits per heavy atom. The summed E-state index contributed by atoms with van der Waals surface area (Å²) in [4.78, 5) is 0. The standard InChI is InChI=1S/C17H14F6.C17H20.2C3H8/c1-11-3-7-13(8-4-11)15(16(18,19)20,17(21,22)23)14-9-5-12(2)6-10-14;1-13-5-9-15(10-6-13)17(3,4)16-11-7-14(2)8-12-16;2*1-3-2/h3-10H,1-2H3;5-12H,1-4H3;2*3H2,1-2H3. The number of hydrogen-bond acceptors (Lipinski definition) is 0. The summed E-state index contributed by atoms with van der Waals surface area (Å²) in [5, 5.41) is 0. The Kier molecular flexibility index (Phi) is 15.3. The van der Waals surface area contributed by atoms with Crippen molar-refractivity contribution in [3.8, 4) is 0 Å². The lowest BCUT2D eigenvalue weighted by atomic mass is 9.72. The summed E-state index contributed by atoms with van der Waals surface area (Å²) in [6, 6.07) is 26.2. The molecule has 4 aromatic rings. The molecule has 4 aromatic carbocycles. The predicted octanol–water partition coefficient (Wildman–Crippen LogP) is 13.2. The van der Waals surface area contributed by atoms with Crippen molar-refractivity contribution in [2.45, 2.75) is 105 Å². The highest BCUT2D eigenvalue weighted by Crippen LogP contribution is 2.56. The van der Waals surface area contributed by atoms with Crippen LogP contribution >= 0.6 is 0 Å². The maximum absolute atomic E-state index is 13.7. The van der Waals surface area contributed by atoms with Crippen LogP contribution in [0.15, 0.2) is 97.1 Å². The normalized spacial score (nSPS) is 11.7. The van der Waals surface area contributed by atoms with Gasteiger partial charge in [0.05, 0.1) is 0 Å². The average Bonchev–Trinajstić information content (AvgIpc) is 2.96. The van der Waals surface area contributed by atoms with Gasteiger partial charge < -0.3 is 0 Å². The average molecular weight is 645 g/mol. The topological polar surface area (TPSA) is 0 Å². The number of halogens is 6. The number of rotatable bonds is 4. The molecule has 6 heteroatoms. The van der Waals surface area contributed by atoms with Crippen molar-refractivity contribution in [1.29, 1.82) is 0 Å². The van der Waals surface area contributed by atoms with Crippen molar-refractivity contribution in [1.82, 2.24) is 0 Å². The van der Waals surface area contributed by atoms with E-state index in [2.05, 4.69) is 104 Å². The number of benzene rings is 4. The van der Waals surface area contributed by atoms with Crippen LogP contribution < -0.4 is 0 Å². The molecule has 0 radical (unpaired) electrons. The molecule has 0 aliphatic rings. The number of hydrogen-bond donors (Lipinski definition) is 0. The SMILES string of the molecule is CCC.CCC.Cc1ccc(C(C)(C)c2ccc(C)cc2)cc1.Cc1ccc(C(c2ccc(C)cc2)(C(F)(F)F)C(F)(F)F)cc1. The smallest absolute Gasteiger partial charge is 0.169 e. The van der Waals surface area contributed by atoms with Crippen molar-refractivity contribution >= 4 is 0 Å². The molecule has 252 valence electrons. The molecule has 4 rings (SSSR count). The molecule has 0 saturated heterocycles. The van der Waals surface area contributed by atoms with Gasteiger partial charge in [0, 0.05) is 5.41 Å². The number of alkyl halides is 6. The van der Waals surface area contributed by atoms with Crippen molar-refractivity contribution in [3.63, 3.8) is 0 Å². The molecule has 0 unspecified atom stereocenters. The van der Waals surface area contributed by atoms with Gasteiger partial charge in [0.2, 0.25) is 5.41 Å². The molecular weight excluding hydrogens is 594 g/mol. The van der Waals surface area contributed by atoms with E-state index >= 15 is 0 Å². The highest BCUT2D eigenvalue weighted by Gasteiger charge is 2.72. The summed E-state index contributed by atoms with van der Waals surface area (Å²) >= 11 is 0. The lowest BCUT2D eigenvalue weighted by Crippen LogP contribution is -2.54. The lowest BCUT2D eigenvalue weighted by molar-refractivity contribution is -0.288. The summed E-state index contributed by atoms with van der Waals surface area (Å²) in [5.41, 5.74) is 0.856. The minimum atomic E-state index is -5.53. The molecule has 46 heavy (non-hydrogen) atoms. The lowest BCUT2D eigenvalue weighted by Gasteiger charge is -2.38. The van der Waals surface area contributed by atoms with Crippen LogP contribution in [0.1, 0.15) is 98.9 Å². The van der Waals surface area contributed by atoms with Gasteiger partial charge in [0.1, 0.15) is 0 Å². The van der Waals surface area contributed by atoms with Crippen LogP contribution in [0.25, 0.3) is 0 Å². The van der Waals surface area contributed by atoms with Gasteiger partial charge in [0.15, 0.2) is 0 Å². The second kappa shape index (κ2) is 17.4. The molecule has 0 spiro atoms. The summed E-state index contributed by atoms with van der Waals surface area (Å²) in [6.45, 7) is 20.5. The summed E-state index contributed by atoms with van der Waals surface area (Å²) in [5.74, 6) is 0. The predicted molar refractivity (Wildman–Crippen MR) is 182 cm³/mol. The van der Waals surface area contributed by atoms with Crippen LogP contribution in [0.2, 0.25) is 0 Å². The van der Waals surface area contributed by atoms with Crippen LogP contribution in [0, 0.1) is 27.7 Å². The second-order valence-corrected chi connectivity index (χ2v) is 12.2. The van der Waals surface area contributed by atoms with Gasteiger partial charge in [0.25, 0.3) is 0 Å². The third kappa shape index (κ3) is 10.2. The molecule has 0 bridgehead atoms. The molecule has 0 saturated carbocycles. The first-order chi connectivity index (χ1) is 21.3. The monoisotopic (exact) mass is 644 g/mol. The molecule has 0 aliphatic heterocycles. The third-order valence-corrected chi connectivity index (χ3v) is 7.37. The quantitative estimate of drug-likeness (QED) is 0.194. The molecule has 0 N–H and O–H groups in total. The van der Waals surface area contributed by atoms with Gasteiger partial charge in [-0.2, -0.15) is 26.3 Å². The van der Waals surface area contributed by atoms with E-state index in [-0.39, 0.29) is 5.41 Å². The van der Waals surface area contributed by atoms with Gasteiger partial charge in [-0.25, -0.2) is 0 Å². The Morgan fingerprint density at radius 3 is 0.717 bits per heavy atom. The first kappa shape index (κ1) is 40.5. The molecule has 0 fully saturated rings. The fourth-order valence-electron chi connectivity index (χ4n) is 4.70. The third-order valence-electron chi connectivity index (χ3n) is 7.37. The van der Waals surface area contributed by atoms with Gasteiger partial charge >= 0.3 is 12.4 Å². The minimum Gasteiger partial charge on any atom is -0.169 e. The Labute approximate surface area is 272 Å². The molecule has 0 amide bonds. The Balaban J connectivity index is 0.000000404. The van der Waals surface area contributed by atoms with Crippen molar-refractivity contribution in [2.75, 3.05) is 0 Å². The first-order valence-corrected chi connectivity index (χ1v) is 15.7. The van der Waals surface area contributed by atoms with E-state index in [9.17, 15) is 26.3 Å². The minimum absolute atomic E-state index is 0.0708. The van der Waals surface area contributed by atoms with Crippen LogP contribution in [-0.2, 0) is 10.8 Å². The van der Waals surface area contributed by atoms with Gasteiger partial charge in [-0.1, -0.05) is 174 Å². The molecule has 0 aromatic heterocycles. The van der Waals surface area contributed by atoms with E-state index in [1.165, 1.54) is 59.4 Å². The summed E-state index contributed by atoms with van der Waals surface area (Å²) < 4.78 is 82.3. The van der Waals surface area contributed by atoms with E-state index in [4.69, 9.17) is 0 Å². The van der Waals surface area contributed by atoms with Crippen LogP contribution in [-0.4, -0.2) is 12.4 Å². The number of aryl methyl sites for hydroxylation is 4. The fourth-order valence-corrected chi connectivity index (χ4v) is 4.70. The molecule has 0 atom stereocenters. The van der Waals surface area contributed by atoms with Crippen LogP contribution in [0.4, 0.5) is 26.3 Å². The molecule has 0 nitrogen and oxygen atoms in total. The van der Waals surface area contributed by atoms with E-state index in [0.717, 1.165) is 24.3 Å². The highest BCUT2D eigenvalue weighted by molar-refractivity contribution is 5.45. The van der Waals surface area contributed by atoms with Crippen molar-refractivity contribution < 1.29 is 26.3 Å². The highest BCUT2D eigenvalue weighted by atomic mass is 19.4. The second-order valence-electron chi connectivity index (χ2n) is 12.2. The largest absolute Gasteiger partial charge is 0.411 e. The maximum Gasteiger partial charge on any atom is 0.411 e.